The molecule has 0 aliphatic heterocycles. The molecule has 0 aliphatic rings. The van der Waals surface area contributed by atoms with Gasteiger partial charge < -0.3 is 15.8 Å². The number of nitrogens with one attached hydrogen (secondary N) is 1. The third-order valence-corrected chi connectivity index (χ3v) is 2.07. The summed E-state index contributed by atoms with van der Waals surface area (Å²) in [6.07, 6.45) is 0. The van der Waals surface area contributed by atoms with Crippen molar-refractivity contribution in [2.45, 2.75) is 0 Å². The zero-order valence-electron chi connectivity index (χ0n) is 8.42. The average Bonchev–Trinajstić information content (AvgIpc) is 2.25. The molecule has 1 rings (SSSR count). The summed E-state index contributed by atoms with van der Waals surface area (Å²) < 4.78 is 5.05. The molecule has 3 N–H and O–H groups in total. The number of hydrogen-bond acceptors (Lipinski definition) is 3. The van der Waals surface area contributed by atoms with Gasteiger partial charge in [-0.3, -0.25) is 4.79 Å². The van der Waals surface area contributed by atoms with Crippen LogP contribution in [0.3, 0.4) is 0 Å². The van der Waals surface area contributed by atoms with Crippen molar-refractivity contribution >= 4 is 17.5 Å². The highest BCUT2D eigenvalue weighted by molar-refractivity contribution is 6.31. The van der Waals surface area contributed by atoms with Crippen molar-refractivity contribution in [1.29, 1.82) is 0 Å². The smallest absolute Gasteiger partial charge is 0.255 e. The summed E-state index contributed by atoms with van der Waals surface area (Å²) in [5.74, 6) is 0.258. The van der Waals surface area contributed by atoms with Crippen LogP contribution in [0.25, 0.3) is 0 Å². The summed E-state index contributed by atoms with van der Waals surface area (Å²) >= 11 is 5.79. The largest absolute Gasteiger partial charge is 0.496 e. The lowest BCUT2D eigenvalue weighted by molar-refractivity contribution is 0.0951. The second-order valence-corrected chi connectivity index (χ2v) is 3.33. The number of halogens is 1. The Morgan fingerprint density at radius 2 is 2.33 bits per heavy atom. The normalized spacial score (nSPS) is 9.80. The molecule has 0 radical (unpaired) electrons. The van der Waals surface area contributed by atoms with Crippen molar-refractivity contribution in [3.05, 3.63) is 28.8 Å². The number of carbonyl (C=O) groups excluding carboxylic acids is 1. The molecule has 82 valence electrons. The predicted octanol–water partition coefficient (Wildman–Crippen LogP) is 1.04. The van der Waals surface area contributed by atoms with Crippen LogP contribution in [0, 0.1) is 0 Å². The molecule has 0 bridgehead atoms. The summed E-state index contributed by atoms with van der Waals surface area (Å²) in [5.41, 5.74) is 5.70. The molecule has 0 spiro atoms. The van der Waals surface area contributed by atoms with Crippen LogP contribution in [0.2, 0.25) is 5.02 Å². The minimum atomic E-state index is -0.236. The fourth-order valence-electron chi connectivity index (χ4n) is 1.14. The first-order chi connectivity index (χ1) is 7.19. The number of carbonyl (C=O) groups is 1. The average molecular weight is 229 g/mol. The standard InChI is InChI=1S/C10H13ClN2O2/c1-15-9-3-2-7(11)6-8(9)10(14)13-5-4-12/h2-3,6H,4-5,12H2,1H3,(H,13,14). The summed E-state index contributed by atoms with van der Waals surface area (Å²) in [6, 6.07) is 4.88. The minimum Gasteiger partial charge on any atom is -0.496 e. The highest BCUT2D eigenvalue weighted by Gasteiger charge is 2.11. The molecule has 0 aliphatic carbocycles. The molecule has 0 saturated heterocycles. The van der Waals surface area contributed by atoms with E-state index in [2.05, 4.69) is 5.32 Å². The maximum absolute atomic E-state index is 11.6. The lowest BCUT2D eigenvalue weighted by Gasteiger charge is -2.08. The van der Waals surface area contributed by atoms with E-state index in [1.54, 1.807) is 18.2 Å². The molecule has 0 fully saturated rings. The number of hydrogen-bond donors (Lipinski definition) is 2. The Morgan fingerprint density at radius 1 is 1.60 bits per heavy atom. The van der Waals surface area contributed by atoms with Crippen molar-refractivity contribution < 1.29 is 9.53 Å². The topological polar surface area (TPSA) is 64.3 Å². The fourth-order valence-corrected chi connectivity index (χ4v) is 1.31. The summed E-state index contributed by atoms with van der Waals surface area (Å²) in [5, 5.41) is 3.14. The van der Waals surface area contributed by atoms with Crippen LogP contribution in [0.5, 0.6) is 5.75 Å². The maximum atomic E-state index is 11.6. The van der Waals surface area contributed by atoms with Crippen molar-refractivity contribution in [1.82, 2.24) is 5.32 Å². The van der Waals surface area contributed by atoms with Crippen LogP contribution in [-0.2, 0) is 0 Å². The Hall–Kier alpha value is -1.26. The van der Waals surface area contributed by atoms with Gasteiger partial charge in [0.15, 0.2) is 0 Å². The maximum Gasteiger partial charge on any atom is 0.255 e. The quantitative estimate of drug-likeness (QED) is 0.809. The van der Waals surface area contributed by atoms with E-state index in [9.17, 15) is 4.79 Å². The van der Waals surface area contributed by atoms with Crippen LogP contribution in [0.15, 0.2) is 18.2 Å². The van der Waals surface area contributed by atoms with Crippen LogP contribution < -0.4 is 15.8 Å². The minimum absolute atomic E-state index is 0.236. The van der Waals surface area contributed by atoms with Gasteiger partial charge in [0.1, 0.15) is 5.75 Å². The Bertz CT molecular complexity index is 355. The van der Waals surface area contributed by atoms with Gasteiger partial charge in [-0.15, -0.1) is 0 Å². The Kier molecular flexibility index (Phi) is 4.39. The molecule has 1 amide bonds. The molecule has 15 heavy (non-hydrogen) atoms. The molecule has 0 heterocycles. The van der Waals surface area contributed by atoms with Crippen LogP contribution in [-0.4, -0.2) is 26.1 Å². The number of benzene rings is 1. The second kappa shape index (κ2) is 5.58. The van der Waals surface area contributed by atoms with E-state index < -0.39 is 0 Å². The molecule has 1 aromatic rings. The molecular weight excluding hydrogens is 216 g/mol. The van der Waals surface area contributed by atoms with E-state index in [-0.39, 0.29) is 5.91 Å². The molecule has 0 aromatic heterocycles. The van der Waals surface area contributed by atoms with Crippen LogP contribution in [0.4, 0.5) is 0 Å². The van der Waals surface area contributed by atoms with Crippen molar-refractivity contribution in [2.24, 2.45) is 5.73 Å². The molecular formula is C10H13ClN2O2. The molecule has 4 nitrogen and oxygen atoms in total. The van der Waals surface area contributed by atoms with Gasteiger partial charge in [-0.1, -0.05) is 11.6 Å². The van der Waals surface area contributed by atoms with E-state index in [1.165, 1.54) is 7.11 Å². The van der Waals surface area contributed by atoms with Gasteiger partial charge in [-0.2, -0.15) is 0 Å². The Labute approximate surface area is 93.4 Å². The highest BCUT2D eigenvalue weighted by Crippen LogP contribution is 2.22. The Morgan fingerprint density at radius 3 is 2.93 bits per heavy atom. The second-order valence-electron chi connectivity index (χ2n) is 2.89. The molecule has 1 aromatic carbocycles. The first-order valence-corrected chi connectivity index (χ1v) is 4.88. The van der Waals surface area contributed by atoms with Crippen molar-refractivity contribution in [2.75, 3.05) is 20.2 Å². The van der Waals surface area contributed by atoms with Gasteiger partial charge in [-0.05, 0) is 18.2 Å². The Balaban J connectivity index is 2.90. The number of rotatable bonds is 4. The van der Waals surface area contributed by atoms with Crippen LogP contribution in [0.1, 0.15) is 10.4 Å². The van der Waals surface area contributed by atoms with E-state index in [0.717, 1.165) is 0 Å². The molecule has 0 unspecified atom stereocenters. The lowest BCUT2D eigenvalue weighted by atomic mass is 10.2. The molecule has 0 atom stereocenters. The summed E-state index contributed by atoms with van der Waals surface area (Å²) in [6.45, 7) is 0.823. The lowest BCUT2D eigenvalue weighted by Crippen LogP contribution is -2.29. The van der Waals surface area contributed by atoms with Gasteiger partial charge in [0.05, 0.1) is 12.7 Å². The monoisotopic (exact) mass is 228 g/mol. The molecule has 0 saturated carbocycles. The number of ether oxygens (including phenoxy) is 1. The SMILES string of the molecule is COc1ccc(Cl)cc1C(=O)NCCN. The summed E-state index contributed by atoms with van der Waals surface area (Å²) in [7, 11) is 1.50. The van der Waals surface area contributed by atoms with E-state index in [4.69, 9.17) is 22.1 Å². The van der Waals surface area contributed by atoms with Crippen LogP contribution >= 0.6 is 11.6 Å². The number of methoxy groups -OCH3 is 1. The van der Waals surface area contributed by atoms with Crippen molar-refractivity contribution in [3.63, 3.8) is 0 Å². The molecule has 5 heteroatoms. The van der Waals surface area contributed by atoms with E-state index in [0.29, 0.717) is 29.4 Å². The van der Waals surface area contributed by atoms with Gasteiger partial charge in [0.25, 0.3) is 5.91 Å². The van der Waals surface area contributed by atoms with Gasteiger partial charge in [0.2, 0.25) is 0 Å². The van der Waals surface area contributed by atoms with Gasteiger partial charge in [0, 0.05) is 18.1 Å². The third-order valence-electron chi connectivity index (χ3n) is 1.84. The van der Waals surface area contributed by atoms with Gasteiger partial charge >= 0.3 is 0 Å². The fraction of sp³-hybridized carbons (Fsp3) is 0.300. The zero-order valence-corrected chi connectivity index (χ0v) is 9.17. The van der Waals surface area contributed by atoms with E-state index >= 15 is 0 Å². The third kappa shape index (κ3) is 3.11. The van der Waals surface area contributed by atoms with E-state index in [1.807, 2.05) is 0 Å². The first kappa shape index (κ1) is 11.8. The highest BCUT2D eigenvalue weighted by atomic mass is 35.5. The summed E-state index contributed by atoms with van der Waals surface area (Å²) in [4.78, 5) is 11.6. The predicted molar refractivity (Wildman–Crippen MR) is 59.4 cm³/mol. The van der Waals surface area contributed by atoms with Gasteiger partial charge in [-0.25, -0.2) is 0 Å². The van der Waals surface area contributed by atoms with Crippen molar-refractivity contribution in [3.8, 4) is 5.75 Å². The first-order valence-electron chi connectivity index (χ1n) is 4.51. The zero-order chi connectivity index (χ0) is 11.3. The number of nitrogens with two attached hydrogens (primary N) is 1. The number of amides is 1.